The maximum atomic E-state index is 12.6. The predicted octanol–water partition coefficient (Wildman–Crippen LogP) is 7.20. The van der Waals surface area contributed by atoms with Crippen LogP contribution in [0.1, 0.15) is 42.3 Å². The zero-order chi connectivity index (χ0) is 28.3. The van der Waals surface area contributed by atoms with Crippen LogP contribution in [0.5, 0.6) is 17.2 Å². The van der Waals surface area contributed by atoms with Crippen LogP contribution in [0.2, 0.25) is 0 Å². The van der Waals surface area contributed by atoms with Gasteiger partial charge in [-0.3, -0.25) is 4.98 Å². The van der Waals surface area contributed by atoms with Gasteiger partial charge in [0, 0.05) is 41.8 Å². The molecule has 0 radical (unpaired) electrons. The average molecular weight is 536 g/mol. The Bertz CT molecular complexity index is 1580. The molecule has 1 aliphatic rings. The van der Waals surface area contributed by atoms with Crippen LogP contribution in [0.25, 0.3) is 16.7 Å². The summed E-state index contributed by atoms with van der Waals surface area (Å²) in [6.45, 7) is 7.02. The Labute approximate surface area is 234 Å². The lowest BCUT2D eigenvalue weighted by molar-refractivity contribution is 0.0734. The molecule has 0 atom stereocenters. The first-order chi connectivity index (χ1) is 19.3. The van der Waals surface area contributed by atoms with Gasteiger partial charge in [0.25, 0.3) is 0 Å². The summed E-state index contributed by atoms with van der Waals surface area (Å²) in [6, 6.07) is 20.8. The van der Waals surface area contributed by atoms with E-state index in [9.17, 15) is 4.79 Å². The molecule has 0 bridgehead atoms. The first-order valence-corrected chi connectivity index (χ1v) is 13.1. The number of carbonyl (C=O) groups is 1. The quantitative estimate of drug-likeness (QED) is 0.182. The molecule has 0 spiro atoms. The summed E-state index contributed by atoms with van der Waals surface area (Å²) in [5.41, 5.74) is 7.60. The largest absolute Gasteiger partial charge is 0.496 e. The number of pyridine rings is 1. The summed E-state index contributed by atoms with van der Waals surface area (Å²) in [6.07, 6.45) is 5.37. The first-order valence-electron chi connectivity index (χ1n) is 13.1. The molecule has 4 aromatic rings. The number of nitrogens with one attached hydrogen (secondary N) is 2. The van der Waals surface area contributed by atoms with Crippen molar-refractivity contribution in [1.82, 2.24) is 4.98 Å². The fraction of sp³-hybridized carbons (Fsp3) is 0.212. The van der Waals surface area contributed by atoms with E-state index >= 15 is 0 Å². The van der Waals surface area contributed by atoms with Gasteiger partial charge in [-0.2, -0.15) is 0 Å². The maximum Gasteiger partial charge on any atom is 0.343 e. The van der Waals surface area contributed by atoms with Crippen molar-refractivity contribution in [3.63, 3.8) is 0 Å². The van der Waals surface area contributed by atoms with E-state index in [0.717, 1.165) is 39.4 Å². The third-order valence-corrected chi connectivity index (χ3v) is 6.89. The van der Waals surface area contributed by atoms with E-state index in [4.69, 9.17) is 14.2 Å². The van der Waals surface area contributed by atoms with Gasteiger partial charge in [0.2, 0.25) is 0 Å². The molecule has 5 rings (SSSR count). The second-order valence-electron chi connectivity index (χ2n) is 10.2. The molecular formula is C33H33N3O4. The number of carbonyl (C=O) groups excluding carboxylic acids is 1. The minimum atomic E-state index is -0.456. The number of aromatic nitrogens is 1. The Morgan fingerprint density at radius 2 is 1.65 bits per heavy atom. The summed E-state index contributed by atoms with van der Waals surface area (Å²) in [4.78, 5) is 16.6. The van der Waals surface area contributed by atoms with E-state index in [-0.39, 0.29) is 5.54 Å². The molecule has 0 saturated heterocycles. The van der Waals surface area contributed by atoms with Crippen molar-refractivity contribution in [2.45, 2.75) is 32.9 Å². The Morgan fingerprint density at radius 1 is 0.925 bits per heavy atom. The van der Waals surface area contributed by atoms with Gasteiger partial charge in [-0.05, 0) is 79.9 Å². The summed E-state index contributed by atoms with van der Waals surface area (Å²) in [5.74, 6) is 1.32. The topological polar surface area (TPSA) is 81.7 Å². The number of hydrogen-bond donors (Lipinski definition) is 2. The lowest BCUT2D eigenvalue weighted by atomic mass is 9.85. The second kappa shape index (κ2) is 11.1. The molecule has 2 heterocycles. The highest BCUT2D eigenvalue weighted by atomic mass is 16.5. The zero-order valence-electron chi connectivity index (χ0n) is 23.4. The summed E-state index contributed by atoms with van der Waals surface area (Å²) < 4.78 is 17.0. The SMILES string of the molecule is COc1ccccc1NCc1c(-c2ccc(OC(=O)c3ccncc3)cc2OC)ccc2c1C(C)=CC(C)(C)N2. The average Bonchev–Trinajstić information content (AvgIpc) is 2.95. The Morgan fingerprint density at radius 3 is 2.40 bits per heavy atom. The van der Waals surface area contributed by atoms with E-state index in [1.807, 2.05) is 30.3 Å². The van der Waals surface area contributed by atoms with Gasteiger partial charge in [-0.15, -0.1) is 0 Å². The lowest BCUT2D eigenvalue weighted by Crippen LogP contribution is -2.32. The minimum Gasteiger partial charge on any atom is -0.496 e. The Hall–Kier alpha value is -4.78. The van der Waals surface area contributed by atoms with Crippen LogP contribution in [0.3, 0.4) is 0 Å². The maximum absolute atomic E-state index is 12.6. The molecule has 0 fully saturated rings. The number of benzene rings is 3. The standard InChI is InChI=1S/C33H33N3O4/c1-21-19-33(2,3)36-28-13-12-24(26(31(21)28)20-35-27-8-6-7-9-29(27)38-4)25-11-10-23(18-30(25)39-5)40-32(37)22-14-16-34-17-15-22/h6-19,35-36H,20H2,1-5H3. The zero-order valence-corrected chi connectivity index (χ0v) is 23.4. The number of anilines is 2. The molecule has 204 valence electrons. The van der Waals surface area contributed by atoms with E-state index in [1.165, 1.54) is 5.57 Å². The number of para-hydroxylation sites is 2. The summed E-state index contributed by atoms with van der Waals surface area (Å²) in [5, 5.41) is 7.24. The van der Waals surface area contributed by atoms with E-state index in [2.05, 4.69) is 54.6 Å². The van der Waals surface area contributed by atoms with Gasteiger partial charge in [0.15, 0.2) is 0 Å². The number of methoxy groups -OCH3 is 2. The molecule has 0 amide bonds. The molecule has 0 aliphatic carbocycles. The van der Waals surface area contributed by atoms with Crippen molar-refractivity contribution >= 4 is 22.9 Å². The van der Waals surface area contributed by atoms with Crippen LogP contribution in [-0.2, 0) is 6.54 Å². The van der Waals surface area contributed by atoms with Crippen LogP contribution in [0.15, 0.2) is 85.2 Å². The number of fused-ring (bicyclic) bond motifs is 1. The van der Waals surface area contributed by atoms with Crippen LogP contribution < -0.4 is 24.8 Å². The van der Waals surface area contributed by atoms with Crippen LogP contribution in [0, 0.1) is 0 Å². The van der Waals surface area contributed by atoms with Crippen molar-refractivity contribution in [3.05, 3.63) is 102 Å². The van der Waals surface area contributed by atoms with Crippen molar-refractivity contribution in [2.24, 2.45) is 0 Å². The van der Waals surface area contributed by atoms with Crippen molar-refractivity contribution in [3.8, 4) is 28.4 Å². The number of nitrogens with zero attached hydrogens (tertiary/aromatic N) is 1. The molecule has 3 aromatic carbocycles. The molecule has 2 N–H and O–H groups in total. The molecule has 7 heteroatoms. The van der Waals surface area contributed by atoms with E-state index in [1.54, 1.807) is 50.9 Å². The first kappa shape index (κ1) is 26.8. The van der Waals surface area contributed by atoms with Crippen LogP contribution in [-0.4, -0.2) is 30.7 Å². The van der Waals surface area contributed by atoms with Gasteiger partial charge in [-0.1, -0.05) is 24.3 Å². The van der Waals surface area contributed by atoms with Crippen molar-refractivity contribution in [1.29, 1.82) is 0 Å². The van der Waals surface area contributed by atoms with Crippen molar-refractivity contribution in [2.75, 3.05) is 24.9 Å². The van der Waals surface area contributed by atoms with Gasteiger partial charge in [0.05, 0.1) is 31.0 Å². The highest BCUT2D eigenvalue weighted by molar-refractivity contribution is 5.92. The van der Waals surface area contributed by atoms with Gasteiger partial charge < -0.3 is 24.8 Å². The molecule has 40 heavy (non-hydrogen) atoms. The van der Waals surface area contributed by atoms with Gasteiger partial charge >= 0.3 is 5.97 Å². The molecule has 0 saturated carbocycles. The van der Waals surface area contributed by atoms with Crippen molar-refractivity contribution < 1.29 is 19.0 Å². The Balaban J connectivity index is 1.56. The molecule has 1 aliphatic heterocycles. The smallest absolute Gasteiger partial charge is 0.343 e. The third-order valence-electron chi connectivity index (χ3n) is 6.89. The Kier molecular flexibility index (Phi) is 7.47. The number of rotatable bonds is 8. The predicted molar refractivity (Wildman–Crippen MR) is 159 cm³/mol. The van der Waals surface area contributed by atoms with Crippen LogP contribution in [0.4, 0.5) is 11.4 Å². The molecule has 1 aromatic heterocycles. The molecule has 0 unspecified atom stereocenters. The monoisotopic (exact) mass is 535 g/mol. The number of esters is 1. The molecular weight excluding hydrogens is 502 g/mol. The van der Waals surface area contributed by atoms with E-state index < -0.39 is 5.97 Å². The fourth-order valence-electron chi connectivity index (χ4n) is 5.22. The summed E-state index contributed by atoms with van der Waals surface area (Å²) >= 11 is 0. The highest BCUT2D eigenvalue weighted by Gasteiger charge is 2.27. The summed E-state index contributed by atoms with van der Waals surface area (Å²) in [7, 11) is 3.29. The second-order valence-corrected chi connectivity index (χ2v) is 10.2. The normalized spacial score (nSPS) is 13.4. The highest BCUT2D eigenvalue weighted by Crippen LogP contribution is 2.43. The van der Waals surface area contributed by atoms with E-state index in [0.29, 0.717) is 23.6 Å². The number of hydrogen-bond acceptors (Lipinski definition) is 7. The van der Waals surface area contributed by atoms with Gasteiger partial charge in [0.1, 0.15) is 17.2 Å². The number of ether oxygens (including phenoxy) is 3. The van der Waals surface area contributed by atoms with Gasteiger partial charge in [-0.25, -0.2) is 4.79 Å². The minimum absolute atomic E-state index is 0.163. The molecule has 7 nitrogen and oxygen atoms in total. The fourth-order valence-corrected chi connectivity index (χ4v) is 5.22. The van der Waals surface area contributed by atoms with Crippen LogP contribution >= 0.6 is 0 Å². The number of allylic oxidation sites excluding steroid dienone is 1. The lowest BCUT2D eigenvalue weighted by Gasteiger charge is -2.33. The third kappa shape index (κ3) is 5.50.